The van der Waals surface area contributed by atoms with E-state index < -0.39 is 11.8 Å². The Balaban J connectivity index is 1.48. The van der Waals surface area contributed by atoms with E-state index in [9.17, 15) is 19.5 Å². The third kappa shape index (κ3) is 6.42. The molecule has 38 heavy (non-hydrogen) atoms. The summed E-state index contributed by atoms with van der Waals surface area (Å²) in [7, 11) is 3.94. The van der Waals surface area contributed by atoms with Crippen molar-refractivity contribution in [3.05, 3.63) is 81.5 Å². The molecule has 1 unspecified atom stereocenters. The fourth-order valence-electron chi connectivity index (χ4n) is 4.18. The Morgan fingerprint density at radius 2 is 1.79 bits per heavy atom. The van der Waals surface area contributed by atoms with Crippen molar-refractivity contribution in [1.29, 1.82) is 0 Å². The first kappa shape index (κ1) is 27.4. The van der Waals surface area contributed by atoms with Crippen molar-refractivity contribution < 1.29 is 19.5 Å². The van der Waals surface area contributed by atoms with E-state index in [4.69, 9.17) is 23.2 Å². The SMILES string of the molecule is CN(C)CCN1CCC(c2ccc(C(=O)Nc3c(O)cc(Cl)cc3C(=O)Nc3ccc(Cl)cn3)cc2)C1=O. The van der Waals surface area contributed by atoms with Crippen LogP contribution in [0.2, 0.25) is 10.0 Å². The topological polar surface area (TPSA) is 115 Å². The fraction of sp³-hybridized carbons (Fsp3) is 0.259. The smallest absolute Gasteiger partial charge is 0.259 e. The first-order chi connectivity index (χ1) is 18.1. The zero-order valence-electron chi connectivity index (χ0n) is 20.9. The van der Waals surface area contributed by atoms with Gasteiger partial charge in [0.25, 0.3) is 11.8 Å². The third-order valence-corrected chi connectivity index (χ3v) is 6.67. The fourth-order valence-corrected chi connectivity index (χ4v) is 4.50. The van der Waals surface area contributed by atoms with Gasteiger partial charge in [-0.25, -0.2) is 4.98 Å². The lowest BCUT2D eigenvalue weighted by molar-refractivity contribution is -0.129. The number of halogens is 2. The number of aromatic hydroxyl groups is 1. The first-order valence-electron chi connectivity index (χ1n) is 11.9. The zero-order valence-corrected chi connectivity index (χ0v) is 22.4. The highest BCUT2D eigenvalue weighted by Gasteiger charge is 2.32. The highest BCUT2D eigenvalue weighted by atomic mass is 35.5. The van der Waals surface area contributed by atoms with Crippen LogP contribution in [0.5, 0.6) is 5.75 Å². The van der Waals surface area contributed by atoms with Crippen LogP contribution < -0.4 is 10.6 Å². The Morgan fingerprint density at radius 1 is 1.05 bits per heavy atom. The standard InChI is InChI=1S/C27H27Cl2N5O4/c1-33(2)11-12-34-10-9-20(27(34)38)16-3-5-17(6-4-16)25(36)32-24-21(13-19(29)14-22(24)35)26(37)31-23-8-7-18(28)15-30-23/h3-8,13-15,20,35H,9-12H2,1-2H3,(H,32,36)(H,30,31,37). The minimum Gasteiger partial charge on any atom is -0.506 e. The lowest BCUT2D eigenvalue weighted by Crippen LogP contribution is -2.33. The summed E-state index contributed by atoms with van der Waals surface area (Å²) in [4.78, 5) is 46.7. The molecule has 4 rings (SSSR count). The summed E-state index contributed by atoms with van der Waals surface area (Å²) in [5.41, 5.74) is 0.982. The predicted octanol–water partition coefficient (Wildman–Crippen LogP) is 4.48. The molecule has 2 heterocycles. The van der Waals surface area contributed by atoms with E-state index in [1.807, 2.05) is 23.9 Å². The number of phenolic OH excluding ortho intramolecular Hbond substituents is 1. The minimum atomic E-state index is -0.637. The van der Waals surface area contributed by atoms with Crippen molar-refractivity contribution >= 4 is 52.4 Å². The van der Waals surface area contributed by atoms with Gasteiger partial charge in [-0.05, 0) is 56.4 Å². The number of likely N-dealkylation sites (N-methyl/N-ethyl adjacent to an activating group) is 1. The summed E-state index contributed by atoms with van der Waals surface area (Å²) in [6, 6.07) is 12.4. The van der Waals surface area contributed by atoms with Crippen molar-refractivity contribution in [2.24, 2.45) is 0 Å². The molecule has 198 valence electrons. The van der Waals surface area contributed by atoms with Gasteiger partial charge in [-0.2, -0.15) is 0 Å². The second kappa shape index (κ2) is 11.8. The monoisotopic (exact) mass is 555 g/mol. The van der Waals surface area contributed by atoms with Gasteiger partial charge in [-0.15, -0.1) is 0 Å². The molecule has 1 aliphatic rings. The van der Waals surface area contributed by atoms with Gasteiger partial charge < -0.3 is 25.5 Å². The lowest BCUT2D eigenvalue weighted by atomic mass is 9.96. The number of aromatic nitrogens is 1. The van der Waals surface area contributed by atoms with Gasteiger partial charge in [0, 0.05) is 42.5 Å². The van der Waals surface area contributed by atoms with Crippen LogP contribution in [0.4, 0.5) is 11.5 Å². The summed E-state index contributed by atoms with van der Waals surface area (Å²) < 4.78 is 0. The number of benzene rings is 2. The molecular weight excluding hydrogens is 529 g/mol. The average Bonchev–Trinajstić information content (AvgIpc) is 3.25. The van der Waals surface area contributed by atoms with Gasteiger partial charge >= 0.3 is 0 Å². The maximum absolute atomic E-state index is 13.0. The first-order valence-corrected chi connectivity index (χ1v) is 12.7. The number of anilines is 2. The number of nitrogens with zero attached hydrogens (tertiary/aromatic N) is 3. The number of hydrogen-bond acceptors (Lipinski definition) is 6. The van der Waals surface area contributed by atoms with E-state index in [1.54, 1.807) is 30.3 Å². The van der Waals surface area contributed by atoms with E-state index in [0.29, 0.717) is 23.7 Å². The number of rotatable bonds is 8. The van der Waals surface area contributed by atoms with Crippen molar-refractivity contribution in [1.82, 2.24) is 14.8 Å². The Hall–Kier alpha value is -3.66. The Kier molecular flexibility index (Phi) is 8.51. The lowest BCUT2D eigenvalue weighted by Gasteiger charge is -2.19. The number of phenols is 1. The van der Waals surface area contributed by atoms with Crippen LogP contribution in [-0.2, 0) is 4.79 Å². The molecule has 1 fully saturated rings. The zero-order chi connectivity index (χ0) is 27.4. The Bertz CT molecular complexity index is 1350. The number of nitrogens with one attached hydrogen (secondary N) is 2. The Morgan fingerprint density at radius 3 is 2.45 bits per heavy atom. The number of likely N-dealkylation sites (tertiary alicyclic amines) is 1. The quantitative estimate of drug-likeness (QED) is 0.353. The van der Waals surface area contributed by atoms with Gasteiger partial charge in [-0.3, -0.25) is 14.4 Å². The molecule has 0 aliphatic carbocycles. The van der Waals surface area contributed by atoms with Gasteiger partial charge in [0.15, 0.2) is 0 Å². The second-order valence-electron chi connectivity index (χ2n) is 9.21. The number of amides is 3. The number of carbonyl (C=O) groups excluding carboxylic acids is 3. The van der Waals surface area contributed by atoms with Crippen molar-refractivity contribution in [3.63, 3.8) is 0 Å². The molecule has 0 saturated carbocycles. The van der Waals surface area contributed by atoms with Crippen LogP contribution in [0.1, 0.15) is 38.6 Å². The molecular formula is C27H27Cl2N5O4. The van der Waals surface area contributed by atoms with E-state index in [-0.39, 0.29) is 39.7 Å². The van der Waals surface area contributed by atoms with Crippen molar-refractivity contribution in [2.45, 2.75) is 12.3 Å². The highest BCUT2D eigenvalue weighted by Crippen LogP contribution is 2.33. The summed E-state index contributed by atoms with van der Waals surface area (Å²) in [6.45, 7) is 2.18. The van der Waals surface area contributed by atoms with Crippen LogP contribution in [0, 0.1) is 0 Å². The van der Waals surface area contributed by atoms with Crippen molar-refractivity contribution in [3.8, 4) is 5.75 Å². The van der Waals surface area contributed by atoms with E-state index in [1.165, 1.54) is 24.4 Å². The molecule has 3 aromatic rings. The molecule has 2 aromatic carbocycles. The summed E-state index contributed by atoms with van der Waals surface area (Å²) in [5.74, 6) is -1.48. The summed E-state index contributed by atoms with van der Waals surface area (Å²) >= 11 is 11.9. The largest absolute Gasteiger partial charge is 0.506 e. The third-order valence-electron chi connectivity index (χ3n) is 6.22. The molecule has 0 radical (unpaired) electrons. The summed E-state index contributed by atoms with van der Waals surface area (Å²) in [5, 5.41) is 16.2. The van der Waals surface area contributed by atoms with Crippen LogP contribution >= 0.6 is 23.2 Å². The maximum atomic E-state index is 13.0. The average molecular weight is 556 g/mol. The molecule has 1 aliphatic heterocycles. The summed E-state index contributed by atoms with van der Waals surface area (Å²) in [6.07, 6.45) is 2.09. The van der Waals surface area contributed by atoms with Gasteiger partial charge in [-0.1, -0.05) is 35.3 Å². The molecule has 11 heteroatoms. The Labute approximate surface area is 230 Å². The van der Waals surface area contributed by atoms with E-state index >= 15 is 0 Å². The molecule has 1 atom stereocenters. The predicted molar refractivity (Wildman–Crippen MR) is 147 cm³/mol. The van der Waals surface area contributed by atoms with Gasteiger partial charge in [0.2, 0.25) is 5.91 Å². The van der Waals surface area contributed by atoms with Crippen molar-refractivity contribution in [2.75, 3.05) is 44.4 Å². The molecule has 1 aromatic heterocycles. The normalized spacial score (nSPS) is 15.1. The maximum Gasteiger partial charge on any atom is 0.259 e. The van der Waals surface area contributed by atoms with Gasteiger partial charge in [0.1, 0.15) is 11.6 Å². The number of carbonyl (C=O) groups is 3. The van der Waals surface area contributed by atoms with E-state index in [2.05, 4.69) is 15.6 Å². The van der Waals surface area contributed by atoms with E-state index in [0.717, 1.165) is 18.5 Å². The molecule has 0 bridgehead atoms. The van der Waals surface area contributed by atoms with Crippen LogP contribution in [-0.4, -0.2) is 71.3 Å². The van der Waals surface area contributed by atoms with Gasteiger partial charge in [0.05, 0.1) is 22.2 Å². The molecule has 3 N–H and O–H groups in total. The molecule has 3 amide bonds. The molecule has 9 nitrogen and oxygen atoms in total. The number of hydrogen-bond donors (Lipinski definition) is 3. The van der Waals surface area contributed by atoms with Crippen LogP contribution in [0.25, 0.3) is 0 Å². The molecule has 0 spiro atoms. The highest BCUT2D eigenvalue weighted by molar-refractivity contribution is 6.32. The second-order valence-corrected chi connectivity index (χ2v) is 10.1. The number of pyridine rings is 1. The van der Waals surface area contributed by atoms with Crippen LogP contribution in [0.15, 0.2) is 54.7 Å². The minimum absolute atomic E-state index is 0.0499. The van der Waals surface area contributed by atoms with Crippen LogP contribution in [0.3, 0.4) is 0 Å². The molecule has 1 saturated heterocycles.